The first-order chi connectivity index (χ1) is 12.9. The molecule has 8 heteroatoms. The van der Waals surface area contributed by atoms with Gasteiger partial charge in [-0.05, 0) is 32.3 Å². The summed E-state index contributed by atoms with van der Waals surface area (Å²) in [6.45, 7) is 0.327. The number of benzene rings is 2. The first-order valence-corrected chi connectivity index (χ1v) is 8.42. The molecule has 144 valence electrons. The number of hydrogen-bond donors (Lipinski definition) is 2. The van der Waals surface area contributed by atoms with Crippen LogP contribution in [0, 0.1) is 10.1 Å². The smallest absolute Gasteiger partial charge is 0.293 e. The lowest BCUT2D eigenvalue weighted by molar-refractivity contribution is -0.384. The summed E-state index contributed by atoms with van der Waals surface area (Å²) >= 11 is 0. The number of nitrogens with zero attached hydrogens (tertiary/aromatic N) is 2. The van der Waals surface area contributed by atoms with E-state index < -0.39 is 4.92 Å². The molecule has 0 aromatic heterocycles. The van der Waals surface area contributed by atoms with Gasteiger partial charge in [0, 0.05) is 30.8 Å². The van der Waals surface area contributed by atoms with E-state index in [2.05, 4.69) is 10.6 Å². The lowest BCUT2D eigenvalue weighted by Gasteiger charge is -2.26. The number of nitrogens with one attached hydrogen (secondary N) is 2. The standard InChI is InChI=1S/C19H24N4O4/c1-20-15-10-9-13(11-16(15)23(25)26)19(24)21-12-17(22(2)3)14-7-5-6-8-18(14)27-4/h5-11,17,20H,12H2,1-4H3,(H,21,24)/t17-/m1/s1. The van der Waals surface area contributed by atoms with Crippen LogP contribution in [0.4, 0.5) is 11.4 Å². The number of nitro benzene ring substituents is 1. The van der Waals surface area contributed by atoms with Gasteiger partial charge >= 0.3 is 0 Å². The van der Waals surface area contributed by atoms with Gasteiger partial charge in [-0.2, -0.15) is 0 Å². The maximum Gasteiger partial charge on any atom is 0.293 e. The molecular weight excluding hydrogens is 348 g/mol. The molecule has 0 aliphatic carbocycles. The molecule has 0 unspecified atom stereocenters. The van der Waals surface area contributed by atoms with Crippen LogP contribution >= 0.6 is 0 Å². The number of methoxy groups -OCH3 is 1. The number of nitro groups is 1. The third kappa shape index (κ3) is 4.73. The molecule has 0 radical (unpaired) electrons. The highest BCUT2D eigenvalue weighted by molar-refractivity contribution is 5.95. The predicted octanol–water partition coefficient (Wildman–Crippen LogP) is 2.68. The maximum absolute atomic E-state index is 12.5. The number of carbonyl (C=O) groups is 1. The summed E-state index contributed by atoms with van der Waals surface area (Å²) in [6, 6.07) is 11.9. The Hall–Kier alpha value is -3.13. The van der Waals surface area contributed by atoms with Crippen molar-refractivity contribution in [3.63, 3.8) is 0 Å². The van der Waals surface area contributed by atoms with E-state index in [1.165, 1.54) is 12.1 Å². The zero-order valence-corrected chi connectivity index (χ0v) is 15.9. The summed E-state index contributed by atoms with van der Waals surface area (Å²) in [5.74, 6) is 0.363. The van der Waals surface area contributed by atoms with E-state index in [1.807, 2.05) is 43.3 Å². The Bertz CT molecular complexity index is 823. The summed E-state index contributed by atoms with van der Waals surface area (Å²) in [5, 5.41) is 16.8. The van der Waals surface area contributed by atoms with Crippen LogP contribution < -0.4 is 15.4 Å². The Morgan fingerprint density at radius 2 is 1.96 bits per heavy atom. The molecule has 0 heterocycles. The number of rotatable bonds is 8. The van der Waals surface area contributed by atoms with Crippen LogP contribution in [0.2, 0.25) is 0 Å². The topological polar surface area (TPSA) is 96.7 Å². The fraction of sp³-hybridized carbons (Fsp3) is 0.316. The molecule has 0 aliphatic heterocycles. The quantitative estimate of drug-likeness (QED) is 0.546. The van der Waals surface area contributed by atoms with Gasteiger partial charge in [-0.15, -0.1) is 0 Å². The van der Waals surface area contributed by atoms with E-state index >= 15 is 0 Å². The minimum absolute atomic E-state index is 0.114. The lowest BCUT2D eigenvalue weighted by Crippen LogP contribution is -2.34. The van der Waals surface area contributed by atoms with Gasteiger partial charge in [0.05, 0.1) is 18.1 Å². The molecule has 0 saturated heterocycles. The lowest BCUT2D eigenvalue weighted by atomic mass is 10.0. The fourth-order valence-electron chi connectivity index (χ4n) is 2.84. The van der Waals surface area contributed by atoms with Crippen LogP contribution in [0.15, 0.2) is 42.5 Å². The van der Waals surface area contributed by atoms with Crippen LogP contribution in [0.5, 0.6) is 5.75 Å². The summed E-state index contributed by atoms with van der Waals surface area (Å²) in [5.41, 5.74) is 1.40. The molecule has 1 amide bonds. The highest BCUT2D eigenvalue weighted by Crippen LogP contribution is 2.28. The van der Waals surface area contributed by atoms with Gasteiger partial charge in [0.1, 0.15) is 11.4 Å². The van der Waals surface area contributed by atoms with Gasteiger partial charge in [0.15, 0.2) is 0 Å². The number of carbonyl (C=O) groups excluding carboxylic acids is 1. The highest BCUT2D eigenvalue weighted by Gasteiger charge is 2.21. The average Bonchev–Trinajstić information content (AvgIpc) is 2.67. The Morgan fingerprint density at radius 1 is 1.26 bits per heavy atom. The zero-order chi connectivity index (χ0) is 20.0. The number of para-hydroxylation sites is 1. The molecule has 8 nitrogen and oxygen atoms in total. The van der Waals surface area contributed by atoms with E-state index in [-0.39, 0.29) is 23.2 Å². The normalized spacial score (nSPS) is 11.7. The van der Waals surface area contributed by atoms with Crippen molar-refractivity contribution in [2.24, 2.45) is 0 Å². The molecule has 0 fully saturated rings. The minimum Gasteiger partial charge on any atom is -0.496 e. The van der Waals surface area contributed by atoms with E-state index in [9.17, 15) is 14.9 Å². The Balaban J connectivity index is 2.19. The summed E-state index contributed by atoms with van der Waals surface area (Å²) < 4.78 is 5.41. The van der Waals surface area contributed by atoms with Crippen molar-refractivity contribution < 1.29 is 14.5 Å². The second kappa shape index (κ2) is 9.00. The Labute approximate surface area is 158 Å². The summed E-state index contributed by atoms with van der Waals surface area (Å²) in [7, 11) is 7.02. The van der Waals surface area contributed by atoms with Crippen molar-refractivity contribution in [1.29, 1.82) is 0 Å². The van der Waals surface area contributed by atoms with Gasteiger partial charge in [-0.1, -0.05) is 18.2 Å². The number of amides is 1. The molecule has 27 heavy (non-hydrogen) atoms. The first-order valence-electron chi connectivity index (χ1n) is 8.42. The van der Waals surface area contributed by atoms with Crippen molar-refractivity contribution >= 4 is 17.3 Å². The maximum atomic E-state index is 12.5. The van der Waals surface area contributed by atoms with E-state index in [4.69, 9.17) is 4.74 Å². The van der Waals surface area contributed by atoms with Crippen LogP contribution in [0.3, 0.4) is 0 Å². The summed E-state index contributed by atoms with van der Waals surface area (Å²) in [4.78, 5) is 25.2. The van der Waals surface area contributed by atoms with Crippen LogP contribution in [-0.4, -0.2) is 50.5 Å². The molecule has 0 bridgehead atoms. The van der Waals surface area contributed by atoms with Gasteiger partial charge in [-0.3, -0.25) is 14.9 Å². The molecule has 0 saturated carbocycles. The Kier molecular flexibility index (Phi) is 6.73. The van der Waals surface area contributed by atoms with Gasteiger partial charge in [0.25, 0.3) is 11.6 Å². The molecule has 2 aromatic carbocycles. The van der Waals surface area contributed by atoms with Crippen LogP contribution in [0.25, 0.3) is 0 Å². The third-order valence-corrected chi connectivity index (χ3v) is 4.30. The number of anilines is 1. The highest BCUT2D eigenvalue weighted by atomic mass is 16.6. The van der Waals surface area contributed by atoms with Crippen molar-refractivity contribution in [3.05, 3.63) is 63.7 Å². The van der Waals surface area contributed by atoms with Crippen LogP contribution in [-0.2, 0) is 0 Å². The zero-order valence-electron chi connectivity index (χ0n) is 15.9. The molecule has 2 N–H and O–H groups in total. The van der Waals surface area contributed by atoms with Crippen molar-refractivity contribution in [1.82, 2.24) is 10.2 Å². The van der Waals surface area contributed by atoms with Gasteiger partial charge < -0.3 is 20.3 Å². The Morgan fingerprint density at radius 3 is 2.56 bits per heavy atom. The van der Waals surface area contributed by atoms with Crippen molar-refractivity contribution in [2.45, 2.75) is 6.04 Å². The van der Waals surface area contributed by atoms with Gasteiger partial charge in [-0.25, -0.2) is 0 Å². The third-order valence-electron chi connectivity index (χ3n) is 4.30. The van der Waals surface area contributed by atoms with Crippen molar-refractivity contribution in [2.75, 3.05) is 40.1 Å². The first kappa shape index (κ1) is 20.2. The monoisotopic (exact) mass is 372 g/mol. The number of hydrogen-bond acceptors (Lipinski definition) is 6. The second-order valence-electron chi connectivity index (χ2n) is 6.17. The molecule has 0 aliphatic rings. The molecular formula is C19H24N4O4. The molecule has 1 atom stereocenters. The van der Waals surface area contributed by atoms with Crippen molar-refractivity contribution in [3.8, 4) is 5.75 Å². The molecule has 0 spiro atoms. The predicted molar refractivity (Wildman–Crippen MR) is 104 cm³/mol. The largest absolute Gasteiger partial charge is 0.496 e. The molecule has 2 rings (SSSR count). The average molecular weight is 372 g/mol. The number of ether oxygens (including phenoxy) is 1. The van der Waals surface area contributed by atoms with Crippen LogP contribution in [0.1, 0.15) is 22.0 Å². The van der Waals surface area contributed by atoms with E-state index in [1.54, 1.807) is 20.2 Å². The molecule has 2 aromatic rings. The minimum atomic E-state index is -0.514. The second-order valence-corrected chi connectivity index (χ2v) is 6.17. The van der Waals surface area contributed by atoms with Gasteiger partial charge in [0.2, 0.25) is 0 Å². The SMILES string of the molecule is CNc1ccc(C(=O)NC[C@H](c2ccccc2OC)N(C)C)cc1[N+](=O)[O-]. The van der Waals surface area contributed by atoms with E-state index in [0.29, 0.717) is 12.2 Å². The summed E-state index contributed by atoms with van der Waals surface area (Å²) in [6.07, 6.45) is 0. The van der Waals surface area contributed by atoms with E-state index in [0.717, 1.165) is 11.3 Å². The fourth-order valence-corrected chi connectivity index (χ4v) is 2.84. The number of likely N-dealkylation sites (N-methyl/N-ethyl adjacent to an activating group) is 1.